The van der Waals surface area contributed by atoms with E-state index in [2.05, 4.69) is 21.2 Å². The minimum atomic E-state index is -1.10. The number of nitrogens with one attached hydrogen (secondary N) is 1. The summed E-state index contributed by atoms with van der Waals surface area (Å²) < 4.78 is 0.844. The van der Waals surface area contributed by atoms with Crippen LogP contribution in [-0.4, -0.2) is 40.4 Å². The molecule has 1 aromatic rings. The van der Waals surface area contributed by atoms with Gasteiger partial charge in [-0.1, -0.05) is 48.8 Å². The molecule has 0 aliphatic carbocycles. The summed E-state index contributed by atoms with van der Waals surface area (Å²) in [6.07, 6.45) is 0. The molecule has 0 aliphatic heterocycles. The number of aliphatic carboxylic acids is 1. The van der Waals surface area contributed by atoms with Crippen molar-refractivity contribution in [1.29, 1.82) is 0 Å². The summed E-state index contributed by atoms with van der Waals surface area (Å²) in [4.78, 5) is 36.9. The van der Waals surface area contributed by atoms with Gasteiger partial charge in [0.1, 0.15) is 12.6 Å². The summed E-state index contributed by atoms with van der Waals surface area (Å²) in [5.41, 5.74) is 0.171. The van der Waals surface area contributed by atoms with Gasteiger partial charge in [-0.15, -0.1) is 0 Å². The summed E-state index contributed by atoms with van der Waals surface area (Å²) >= 11 is 3.35. The molecule has 0 fully saturated rings. The Kier molecular flexibility index (Phi) is 6.95. The highest BCUT2D eigenvalue weighted by Gasteiger charge is 2.28. The summed E-state index contributed by atoms with van der Waals surface area (Å²) in [5.74, 6) is -1.80. The third-order valence-corrected chi connectivity index (χ3v) is 3.79. The first-order chi connectivity index (χ1) is 11.0. The first-order valence-electron chi connectivity index (χ1n) is 7.56. The Morgan fingerprint density at radius 1 is 1.29 bits per heavy atom. The van der Waals surface area contributed by atoms with E-state index in [1.165, 1.54) is 4.90 Å². The Morgan fingerprint density at radius 3 is 2.42 bits per heavy atom. The highest BCUT2D eigenvalue weighted by Crippen LogP contribution is 2.15. The zero-order valence-corrected chi connectivity index (χ0v) is 15.9. The number of carbonyl (C=O) groups is 3. The predicted octanol–water partition coefficient (Wildman–Crippen LogP) is 2.41. The van der Waals surface area contributed by atoms with Crippen LogP contribution in [0.4, 0.5) is 0 Å². The Bertz CT molecular complexity index is 625. The second-order valence-corrected chi connectivity index (χ2v) is 7.58. The lowest BCUT2D eigenvalue weighted by atomic mass is 9.95. The molecule has 0 saturated carbocycles. The average Bonchev–Trinajstić information content (AvgIpc) is 2.44. The van der Waals surface area contributed by atoms with Crippen molar-refractivity contribution in [1.82, 2.24) is 10.2 Å². The van der Waals surface area contributed by atoms with E-state index in [0.29, 0.717) is 0 Å². The molecule has 0 aliphatic rings. The van der Waals surface area contributed by atoms with Crippen LogP contribution in [-0.2, 0) is 20.9 Å². The fraction of sp³-hybridized carbons (Fsp3) is 0.471. The van der Waals surface area contributed by atoms with Gasteiger partial charge < -0.3 is 15.3 Å². The summed E-state index contributed by atoms with van der Waals surface area (Å²) in [6.45, 7) is 6.52. The number of hydrogen-bond donors (Lipinski definition) is 2. The first kappa shape index (κ1) is 20.2. The SMILES string of the molecule is CC(NC(=O)C(C)(C)C)C(=O)N(CC(=O)O)Cc1cccc(Br)c1. The van der Waals surface area contributed by atoms with E-state index >= 15 is 0 Å². The Labute approximate surface area is 150 Å². The van der Waals surface area contributed by atoms with Gasteiger partial charge in [0.15, 0.2) is 0 Å². The van der Waals surface area contributed by atoms with Crippen LogP contribution in [0, 0.1) is 5.41 Å². The summed E-state index contributed by atoms with van der Waals surface area (Å²) in [7, 11) is 0. The number of amides is 2. The summed E-state index contributed by atoms with van der Waals surface area (Å²) in [5, 5.41) is 11.7. The molecule has 0 saturated heterocycles. The van der Waals surface area contributed by atoms with Crippen LogP contribution in [0.1, 0.15) is 33.3 Å². The zero-order chi connectivity index (χ0) is 18.5. The number of nitrogens with zero attached hydrogens (tertiary/aromatic N) is 1. The third-order valence-electron chi connectivity index (χ3n) is 3.30. The van der Waals surface area contributed by atoms with Gasteiger partial charge in [0.05, 0.1) is 0 Å². The van der Waals surface area contributed by atoms with E-state index in [0.717, 1.165) is 10.0 Å². The molecule has 0 bridgehead atoms. The predicted molar refractivity (Wildman–Crippen MR) is 94.3 cm³/mol. The van der Waals surface area contributed by atoms with Gasteiger partial charge in [-0.3, -0.25) is 14.4 Å². The molecule has 0 spiro atoms. The van der Waals surface area contributed by atoms with Crippen molar-refractivity contribution in [2.24, 2.45) is 5.41 Å². The lowest BCUT2D eigenvalue weighted by Gasteiger charge is -2.27. The van der Waals surface area contributed by atoms with Crippen LogP contribution in [0.5, 0.6) is 0 Å². The minimum absolute atomic E-state index is 0.153. The Balaban J connectivity index is 2.88. The molecule has 132 valence electrons. The Morgan fingerprint density at radius 2 is 1.92 bits per heavy atom. The van der Waals surface area contributed by atoms with Gasteiger partial charge in [0.25, 0.3) is 0 Å². The molecule has 1 atom stereocenters. The third kappa shape index (κ3) is 6.31. The van der Waals surface area contributed by atoms with Crippen molar-refractivity contribution in [3.05, 3.63) is 34.3 Å². The lowest BCUT2D eigenvalue weighted by Crippen LogP contribution is -2.50. The van der Waals surface area contributed by atoms with Crippen LogP contribution >= 0.6 is 15.9 Å². The van der Waals surface area contributed by atoms with Crippen LogP contribution in [0.2, 0.25) is 0 Å². The molecule has 2 N–H and O–H groups in total. The van der Waals surface area contributed by atoms with Crippen LogP contribution in [0.25, 0.3) is 0 Å². The monoisotopic (exact) mass is 398 g/mol. The van der Waals surface area contributed by atoms with Gasteiger partial charge in [-0.2, -0.15) is 0 Å². The quantitative estimate of drug-likeness (QED) is 0.769. The molecule has 0 aromatic heterocycles. The van der Waals surface area contributed by atoms with Gasteiger partial charge in [0.2, 0.25) is 11.8 Å². The standard InChI is InChI=1S/C17H23BrN2O4/c1-11(19-16(24)17(2,3)4)15(23)20(10-14(21)22)9-12-6-5-7-13(18)8-12/h5-8,11H,9-10H2,1-4H3,(H,19,24)(H,21,22). The number of rotatable bonds is 6. The number of benzene rings is 1. The second kappa shape index (κ2) is 8.28. The molecule has 1 rings (SSSR count). The second-order valence-electron chi connectivity index (χ2n) is 6.66. The van der Waals surface area contributed by atoms with Crippen molar-refractivity contribution < 1.29 is 19.5 Å². The maximum absolute atomic E-state index is 12.6. The Hall–Kier alpha value is -1.89. The smallest absolute Gasteiger partial charge is 0.323 e. The largest absolute Gasteiger partial charge is 0.480 e. The van der Waals surface area contributed by atoms with Crippen LogP contribution in [0.15, 0.2) is 28.7 Å². The molecule has 0 heterocycles. The number of carboxylic acids is 1. The lowest BCUT2D eigenvalue weighted by molar-refractivity contribution is -0.146. The zero-order valence-electron chi connectivity index (χ0n) is 14.3. The molecule has 1 aromatic carbocycles. The molecule has 7 heteroatoms. The van der Waals surface area contributed by atoms with Gasteiger partial charge in [-0.05, 0) is 24.6 Å². The van der Waals surface area contributed by atoms with Crippen molar-refractivity contribution in [3.63, 3.8) is 0 Å². The van der Waals surface area contributed by atoms with Crippen molar-refractivity contribution >= 4 is 33.7 Å². The van der Waals surface area contributed by atoms with E-state index in [9.17, 15) is 14.4 Å². The van der Waals surface area contributed by atoms with E-state index in [1.807, 2.05) is 24.3 Å². The molecule has 0 radical (unpaired) electrons. The number of halogens is 1. The van der Waals surface area contributed by atoms with E-state index in [4.69, 9.17) is 5.11 Å². The molecule has 2 amide bonds. The molecule has 24 heavy (non-hydrogen) atoms. The summed E-state index contributed by atoms with van der Waals surface area (Å²) in [6, 6.07) is 6.49. The van der Waals surface area contributed by atoms with Crippen molar-refractivity contribution in [2.45, 2.75) is 40.3 Å². The van der Waals surface area contributed by atoms with E-state index in [-0.39, 0.29) is 12.5 Å². The number of carbonyl (C=O) groups excluding carboxylic acids is 2. The van der Waals surface area contributed by atoms with Crippen LogP contribution in [0.3, 0.4) is 0 Å². The van der Waals surface area contributed by atoms with Crippen LogP contribution < -0.4 is 5.32 Å². The van der Waals surface area contributed by atoms with Gasteiger partial charge >= 0.3 is 5.97 Å². The fourth-order valence-electron chi connectivity index (χ4n) is 1.98. The van der Waals surface area contributed by atoms with Gasteiger partial charge in [-0.25, -0.2) is 0 Å². The fourth-order valence-corrected chi connectivity index (χ4v) is 2.43. The topological polar surface area (TPSA) is 86.7 Å². The molecular formula is C17H23BrN2O4. The number of carboxylic acid groups (broad SMARTS) is 1. The molecular weight excluding hydrogens is 376 g/mol. The van der Waals surface area contributed by atoms with Crippen molar-refractivity contribution in [2.75, 3.05) is 6.54 Å². The van der Waals surface area contributed by atoms with Gasteiger partial charge in [0, 0.05) is 16.4 Å². The highest BCUT2D eigenvalue weighted by atomic mass is 79.9. The van der Waals surface area contributed by atoms with E-state index < -0.39 is 29.9 Å². The molecule has 6 nitrogen and oxygen atoms in total. The normalized spacial score (nSPS) is 12.4. The number of hydrogen-bond acceptors (Lipinski definition) is 3. The average molecular weight is 399 g/mol. The van der Waals surface area contributed by atoms with E-state index in [1.54, 1.807) is 27.7 Å². The maximum atomic E-state index is 12.6. The highest BCUT2D eigenvalue weighted by molar-refractivity contribution is 9.10. The maximum Gasteiger partial charge on any atom is 0.323 e. The van der Waals surface area contributed by atoms with Crippen molar-refractivity contribution in [3.8, 4) is 0 Å². The molecule has 1 unspecified atom stereocenters. The minimum Gasteiger partial charge on any atom is -0.480 e. The first-order valence-corrected chi connectivity index (χ1v) is 8.36.